The number of Topliss-reactive ketones (excluding diaryl/α,β-unsaturated/α-hetero) is 1. The molecule has 4 aromatic rings. The van der Waals surface area contributed by atoms with Crippen LogP contribution in [0.25, 0.3) is 10.6 Å². The van der Waals surface area contributed by atoms with Crippen LogP contribution in [0.2, 0.25) is 0 Å². The predicted molar refractivity (Wildman–Crippen MR) is 161 cm³/mol. The molecular formula is C32H30N4O4S. The summed E-state index contributed by atoms with van der Waals surface area (Å²) in [6.07, 6.45) is 0. The van der Waals surface area contributed by atoms with Crippen molar-refractivity contribution in [3.8, 4) is 16.3 Å². The van der Waals surface area contributed by atoms with Gasteiger partial charge in [0, 0.05) is 43.1 Å². The van der Waals surface area contributed by atoms with Crippen molar-refractivity contribution in [2.45, 2.75) is 13.0 Å². The third kappa shape index (κ3) is 4.98. The van der Waals surface area contributed by atoms with E-state index in [0.717, 1.165) is 37.4 Å². The van der Waals surface area contributed by atoms with E-state index in [4.69, 9.17) is 0 Å². The Morgan fingerprint density at radius 3 is 2.17 bits per heavy atom. The standard InChI is InChI=1S/C32H30N4O4S/c1-20-30(41-31(33-20)22-6-4-3-5-7-22)28(38)26-27(21-8-14-25(37)15-9-21)36(32(40)29(26)39)24-12-10-23(11-13-24)35-18-16-34(2)17-19-35/h3-15,27,37,39H,16-19H2,1-2H3. The van der Waals surface area contributed by atoms with Gasteiger partial charge in [-0.05, 0) is 55.9 Å². The number of carbonyl (C=O) groups is 2. The first-order valence-corrected chi connectivity index (χ1v) is 14.3. The van der Waals surface area contributed by atoms with Crippen LogP contribution in [0.15, 0.2) is 90.2 Å². The highest BCUT2D eigenvalue weighted by Gasteiger charge is 2.45. The second kappa shape index (κ2) is 10.8. The molecule has 208 valence electrons. The normalized spacial score (nSPS) is 17.9. The minimum Gasteiger partial charge on any atom is -0.508 e. The van der Waals surface area contributed by atoms with Gasteiger partial charge in [-0.1, -0.05) is 42.5 Å². The first kappa shape index (κ1) is 26.7. The lowest BCUT2D eigenvalue weighted by Crippen LogP contribution is -2.44. The van der Waals surface area contributed by atoms with Crippen molar-refractivity contribution in [2.75, 3.05) is 43.0 Å². The van der Waals surface area contributed by atoms with Crippen molar-refractivity contribution in [2.24, 2.45) is 0 Å². The number of anilines is 2. The maximum atomic E-state index is 14.1. The van der Waals surface area contributed by atoms with Crippen molar-refractivity contribution in [3.63, 3.8) is 0 Å². The van der Waals surface area contributed by atoms with Crippen LogP contribution in [0, 0.1) is 6.92 Å². The Balaban J connectivity index is 1.38. The zero-order valence-electron chi connectivity index (χ0n) is 22.8. The number of aromatic nitrogens is 1. The van der Waals surface area contributed by atoms with Gasteiger partial charge in [0.25, 0.3) is 5.91 Å². The number of aliphatic hydroxyl groups excluding tert-OH is 1. The van der Waals surface area contributed by atoms with Gasteiger partial charge in [-0.25, -0.2) is 4.98 Å². The Bertz CT molecular complexity index is 1620. The van der Waals surface area contributed by atoms with Gasteiger partial charge in [0.15, 0.2) is 5.76 Å². The van der Waals surface area contributed by atoms with Crippen LogP contribution in [0.5, 0.6) is 5.75 Å². The highest BCUT2D eigenvalue weighted by Crippen LogP contribution is 2.44. The molecule has 1 amide bonds. The molecule has 2 aliphatic heterocycles. The van der Waals surface area contributed by atoms with E-state index in [1.54, 1.807) is 19.1 Å². The average molecular weight is 567 g/mol. The number of likely N-dealkylation sites (N-methyl/N-ethyl adjacent to an activating group) is 1. The Morgan fingerprint density at radius 2 is 1.51 bits per heavy atom. The summed E-state index contributed by atoms with van der Waals surface area (Å²) in [6.45, 7) is 5.53. The number of carbonyl (C=O) groups excluding carboxylic acids is 2. The monoisotopic (exact) mass is 566 g/mol. The van der Waals surface area contributed by atoms with Crippen LogP contribution >= 0.6 is 11.3 Å². The predicted octanol–water partition coefficient (Wildman–Crippen LogP) is 5.36. The highest BCUT2D eigenvalue weighted by atomic mass is 32.1. The lowest BCUT2D eigenvalue weighted by atomic mass is 9.94. The SMILES string of the molecule is Cc1nc(-c2ccccc2)sc1C(=O)C1=C(O)C(=O)N(c2ccc(N3CCN(C)CC3)cc2)C1c1ccc(O)cc1. The third-order valence-electron chi connectivity index (χ3n) is 7.68. The summed E-state index contributed by atoms with van der Waals surface area (Å²) in [5.74, 6) is -1.61. The number of nitrogens with zero attached hydrogens (tertiary/aromatic N) is 4. The summed E-state index contributed by atoms with van der Waals surface area (Å²) >= 11 is 1.24. The first-order valence-electron chi connectivity index (χ1n) is 13.5. The van der Waals surface area contributed by atoms with Gasteiger partial charge in [-0.2, -0.15) is 0 Å². The van der Waals surface area contributed by atoms with E-state index in [0.29, 0.717) is 26.8 Å². The molecule has 3 aromatic carbocycles. The first-order chi connectivity index (χ1) is 19.8. The van der Waals surface area contributed by atoms with Crippen molar-refractivity contribution in [1.82, 2.24) is 9.88 Å². The topological polar surface area (TPSA) is 97.2 Å². The smallest absolute Gasteiger partial charge is 0.294 e. The van der Waals surface area contributed by atoms with Gasteiger partial charge >= 0.3 is 0 Å². The molecule has 0 aliphatic carbocycles. The number of aryl methyl sites for hydroxylation is 1. The van der Waals surface area contributed by atoms with Gasteiger partial charge < -0.3 is 20.0 Å². The number of hydrogen-bond donors (Lipinski definition) is 2. The molecule has 2 aliphatic rings. The van der Waals surface area contributed by atoms with E-state index in [1.807, 2.05) is 54.6 Å². The van der Waals surface area contributed by atoms with E-state index in [9.17, 15) is 19.8 Å². The Morgan fingerprint density at radius 1 is 0.878 bits per heavy atom. The molecule has 8 nitrogen and oxygen atoms in total. The third-order valence-corrected chi connectivity index (χ3v) is 8.89. The van der Waals surface area contributed by atoms with Gasteiger partial charge in [-0.3, -0.25) is 14.5 Å². The van der Waals surface area contributed by atoms with E-state index in [1.165, 1.54) is 28.4 Å². The molecule has 1 aromatic heterocycles. The number of rotatable bonds is 6. The molecule has 9 heteroatoms. The molecule has 0 radical (unpaired) electrons. The number of benzene rings is 3. The zero-order chi connectivity index (χ0) is 28.7. The van der Waals surface area contributed by atoms with Crippen molar-refractivity contribution in [3.05, 3.63) is 106 Å². The number of aromatic hydroxyl groups is 1. The number of ketones is 1. The molecule has 0 saturated carbocycles. The number of piperazine rings is 1. The van der Waals surface area contributed by atoms with Crippen molar-refractivity contribution >= 4 is 34.4 Å². The molecule has 2 N–H and O–H groups in total. The largest absolute Gasteiger partial charge is 0.508 e. The van der Waals surface area contributed by atoms with Crippen LogP contribution in [-0.2, 0) is 4.79 Å². The average Bonchev–Trinajstić information content (AvgIpc) is 3.51. The molecule has 0 spiro atoms. The van der Waals surface area contributed by atoms with Crippen LogP contribution in [0.1, 0.15) is 27.0 Å². The maximum absolute atomic E-state index is 14.1. The zero-order valence-corrected chi connectivity index (χ0v) is 23.6. The van der Waals surface area contributed by atoms with Gasteiger partial charge in [0.2, 0.25) is 5.78 Å². The number of thiazole rings is 1. The number of phenolic OH excluding ortho intramolecular Hbond substituents is 1. The fraction of sp³-hybridized carbons (Fsp3) is 0.219. The summed E-state index contributed by atoms with van der Waals surface area (Å²) in [4.78, 5) is 38.8. The molecule has 1 atom stereocenters. The number of amides is 1. The molecule has 41 heavy (non-hydrogen) atoms. The van der Waals surface area contributed by atoms with Crippen LogP contribution in [-0.4, -0.2) is 65.0 Å². The quantitative estimate of drug-likeness (QED) is 0.303. The van der Waals surface area contributed by atoms with Crippen LogP contribution in [0.3, 0.4) is 0 Å². The Kier molecular flexibility index (Phi) is 7.07. The minimum absolute atomic E-state index is 0.00445. The lowest BCUT2D eigenvalue weighted by Gasteiger charge is -2.34. The summed E-state index contributed by atoms with van der Waals surface area (Å²) in [5, 5.41) is 21.8. The molecule has 1 unspecified atom stereocenters. The molecule has 6 rings (SSSR count). The molecule has 1 fully saturated rings. The number of hydrogen-bond acceptors (Lipinski definition) is 8. The fourth-order valence-electron chi connectivity index (χ4n) is 5.40. The van der Waals surface area contributed by atoms with Crippen LogP contribution in [0.4, 0.5) is 11.4 Å². The maximum Gasteiger partial charge on any atom is 0.294 e. The molecule has 0 bridgehead atoms. The van der Waals surface area contributed by atoms with E-state index in [2.05, 4.69) is 21.8 Å². The second-order valence-corrected chi connectivity index (χ2v) is 11.4. The number of phenols is 1. The molecule has 3 heterocycles. The Hall–Kier alpha value is -4.47. The van der Waals surface area contributed by atoms with Crippen molar-refractivity contribution < 1.29 is 19.8 Å². The summed E-state index contributed by atoms with van der Waals surface area (Å²) < 4.78 is 0. The Labute approximate surface area is 242 Å². The minimum atomic E-state index is -0.883. The molecule has 1 saturated heterocycles. The van der Waals surface area contributed by atoms with Gasteiger partial charge in [-0.15, -0.1) is 11.3 Å². The fourth-order valence-corrected chi connectivity index (χ4v) is 6.42. The summed E-state index contributed by atoms with van der Waals surface area (Å²) in [5.41, 5.74) is 3.62. The van der Waals surface area contributed by atoms with Crippen LogP contribution < -0.4 is 9.80 Å². The summed E-state index contributed by atoms with van der Waals surface area (Å²) in [7, 11) is 2.11. The van der Waals surface area contributed by atoms with E-state index < -0.39 is 23.5 Å². The van der Waals surface area contributed by atoms with Gasteiger partial charge in [0.1, 0.15) is 10.8 Å². The van der Waals surface area contributed by atoms with E-state index >= 15 is 0 Å². The van der Waals surface area contributed by atoms with Crippen molar-refractivity contribution in [1.29, 1.82) is 0 Å². The number of aliphatic hydroxyl groups is 1. The van der Waals surface area contributed by atoms with Gasteiger partial charge in [0.05, 0.1) is 22.2 Å². The van der Waals surface area contributed by atoms with E-state index in [-0.39, 0.29) is 11.3 Å². The lowest BCUT2D eigenvalue weighted by molar-refractivity contribution is -0.117. The highest BCUT2D eigenvalue weighted by molar-refractivity contribution is 7.17. The summed E-state index contributed by atoms with van der Waals surface area (Å²) in [6, 6.07) is 22.7. The second-order valence-electron chi connectivity index (χ2n) is 10.4. The molecular weight excluding hydrogens is 536 g/mol.